The highest BCUT2D eigenvalue weighted by Gasteiger charge is 2.21. The van der Waals surface area contributed by atoms with Crippen molar-refractivity contribution < 1.29 is 9.59 Å². The lowest BCUT2D eigenvalue weighted by molar-refractivity contribution is -0.145. The van der Waals surface area contributed by atoms with E-state index in [1.165, 1.54) is 0 Å². The van der Waals surface area contributed by atoms with Crippen molar-refractivity contribution in [3.63, 3.8) is 0 Å². The van der Waals surface area contributed by atoms with Gasteiger partial charge in [-0.25, -0.2) is 0 Å². The summed E-state index contributed by atoms with van der Waals surface area (Å²) in [5, 5.41) is 5.85. The van der Waals surface area contributed by atoms with E-state index in [-0.39, 0.29) is 0 Å². The van der Waals surface area contributed by atoms with Crippen molar-refractivity contribution >= 4 is 11.8 Å². The quantitative estimate of drug-likeness (QED) is 0.735. The monoisotopic (exact) mass is 276 g/mol. The van der Waals surface area contributed by atoms with Gasteiger partial charge in [-0.2, -0.15) is 0 Å². The average Bonchev–Trinajstić information content (AvgIpc) is 2.74. The van der Waals surface area contributed by atoms with Crippen molar-refractivity contribution in [2.75, 3.05) is 26.2 Å². The van der Waals surface area contributed by atoms with Gasteiger partial charge in [-0.3, -0.25) is 14.6 Å². The van der Waals surface area contributed by atoms with E-state index >= 15 is 0 Å². The zero-order chi connectivity index (χ0) is 14.4. The molecule has 0 aliphatic carbocycles. The number of nitrogens with one attached hydrogen (secondary N) is 2. The lowest BCUT2D eigenvalue weighted by Crippen LogP contribution is -2.44. The molecule has 6 nitrogen and oxygen atoms in total. The first-order chi connectivity index (χ1) is 9.66. The molecule has 20 heavy (non-hydrogen) atoms. The third-order valence-electron chi connectivity index (χ3n) is 3.25. The maximum atomic E-state index is 12.0. The molecule has 1 aliphatic rings. The Kier molecular flexibility index (Phi) is 5.06. The molecule has 0 bridgehead atoms. The Morgan fingerprint density at radius 2 is 2.20 bits per heavy atom. The Morgan fingerprint density at radius 3 is 2.95 bits per heavy atom. The molecule has 1 aromatic rings. The van der Waals surface area contributed by atoms with Crippen LogP contribution in [0.1, 0.15) is 17.7 Å². The molecule has 0 unspecified atom stereocenters. The maximum absolute atomic E-state index is 12.0. The van der Waals surface area contributed by atoms with Crippen LogP contribution in [0, 0.1) is 6.92 Å². The van der Waals surface area contributed by atoms with Gasteiger partial charge in [0.2, 0.25) is 0 Å². The second-order valence-electron chi connectivity index (χ2n) is 4.89. The number of hydrogen-bond acceptors (Lipinski definition) is 4. The predicted octanol–water partition coefficient (Wildman–Crippen LogP) is -0.172. The molecular weight excluding hydrogens is 256 g/mol. The van der Waals surface area contributed by atoms with Gasteiger partial charge >= 0.3 is 11.8 Å². The molecule has 1 saturated heterocycles. The highest BCUT2D eigenvalue weighted by atomic mass is 16.2. The topological polar surface area (TPSA) is 74.3 Å². The summed E-state index contributed by atoms with van der Waals surface area (Å²) in [4.78, 5) is 29.6. The standard InChI is InChI=1S/C14H20N4O2/c1-11-3-4-12(9-16-11)10-17-13(19)14(20)18-7-2-5-15-6-8-18/h3-4,9,15H,2,5-8,10H2,1H3,(H,17,19). The molecule has 0 spiro atoms. The maximum Gasteiger partial charge on any atom is 0.311 e. The van der Waals surface area contributed by atoms with Crippen LogP contribution < -0.4 is 10.6 Å². The number of amides is 2. The molecule has 1 aromatic heterocycles. The highest BCUT2D eigenvalue weighted by molar-refractivity contribution is 6.34. The largest absolute Gasteiger partial charge is 0.344 e. The molecule has 1 aliphatic heterocycles. The van der Waals surface area contributed by atoms with Gasteiger partial charge < -0.3 is 15.5 Å². The normalized spacial score (nSPS) is 15.6. The van der Waals surface area contributed by atoms with Gasteiger partial charge in [-0.05, 0) is 31.5 Å². The van der Waals surface area contributed by atoms with Crippen LogP contribution in [0.25, 0.3) is 0 Å². The lowest BCUT2D eigenvalue weighted by atomic mass is 10.2. The van der Waals surface area contributed by atoms with E-state index in [1.807, 2.05) is 19.1 Å². The summed E-state index contributed by atoms with van der Waals surface area (Å²) in [6, 6.07) is 3.77. The molecule has 2 rings (SSSR count). The number of nitrogens with zero attached hydrogens (tertiary/aromatic N) is 2. The molecule has 2 amide bonds. The average molecular weight is 276 g/mol. The Labute approximate surface area is 118 Å². The fraction of sp³-hybridized carbons (Fsp3) is 0.500. The van der Waals surface area contributed by atoms with Crippen molar-refractivity contribution in [1.82, 2.24) is 20.5 Å². The molecule has 6 heteroatoms. The van der Waals surface area contributed by atoms with E-state index in [0.29, 0.717) is 19.6 Å². The number of carbonyl (C=O) groups excluding carboxylic acids is 2. The summed E-state index contributed by atoms with van der Waals surface area (Å²) in [5.41, 5.74) is 1.81. The lowest BCUT2D eigenvalue weighted by Gasteiger charge is -2.19. The summed E-state index contributed by atoms with van der Waals surface area (Å²) in [6.45, 7) is 5.06. The van der Waals surface area contributed by atoms with Gasteiger partial charge in [-0.15, -0.1) is 0 Å². The van der Waals surface area contributed by atoms with Crippen molar-refractivity contribution in [3.8, 4) is 0 Å². The molecular formula is C14H20N4O2. The van der Waals surface area contributed by atoms with Crippen LogP contribution in [0.3, 0.4) is 0 Å². The minimum absolute atomic E-state index is 0.323. The minimum Gasteiger partial charge on any atom is -0.344 e. The third kappa shape index (κ3) is 4.03. The first-order valence-corrected chi connectivity index (χ1v) is 6.86. The van der Waals surface area contributed by atoms with Crippen molar-refractivity contribution in [2.24, 2.45) is 0 Å². The Morgan fingerprint density at radius 1 is 1.35 bits per heavy atom. The van der Waals surface area contributed by atoms with E-state index < -0.39 is 11.8 Å². The van der Waals surface area contributed by atoms with Crippen LogP contribution in [-0.2, 0) is 16.1 Å². The van der Waals surface area contributed by atoms with Crippen molar-refractivity contribution in [2.45, 2.75) is 19.9 Å². The highest BCUT2D eigenvalue weighted by Crippen LogP contribution is 2.00. The van der Waals surface area contributed by atoms with Crippen LogP contribution in [0.2, 0.25) is 0 Å². The Hall–Kier alpha value is -1.95. The first kappa shape index (κ1) is 14.5. The minimum atomic E-state index is -0.549. The molecule has 108 valence electrons. The second kappa shape index (κ2) is 7.00. The molecule has 2 N–H and O–H groups in total. The van der Waals surface area contributed by atoms with E-state index in [4.69, 9.17) is 0 Å². The summed E-state index contributed by atoms with van der Waals surface area (Å²) in [5.74, 6) is -0.999. The van der Waals surface area contributed by atoms with Crippen LogP contribution in [0.15, 0.2) is 18.3 Å². The Bertz CT molecular complexity index is 465. The first-order valence-electron chi connectivity index (χ1n) is 6.86. The zero-order valence-corrected chi connectivity index (χ0v) is 11.7. The van der Waals surface area contributed by atoms with Gasteiger partial charge in [0.25, 0.3) is 0 Å². The van der Waals surface area contributed by atoms with Crippen molar-refractivity contribution in [3.05, 3.63) is 29.6 Å². The SMILES string of the molecule is Cc1ccc(CNC(=O)C(=O)N2CCCNCC2)cn1. The van der Waals surface area contributed by atoms with E-state index in [9.17, 15) is 9.59 Å². The van der Waals surface area contributed by atoms with Crippen LogP contribution in [0.5, 0.6) is 0 Å². The van der Waals surface area contributed by atoms with Gasteiger partial charge in [0.05, 0.1) is 0 Å². The zero-order valence-electron chi connectivity index (χ0n) is 11.7. The van der Waals surface area contributed by atoms with E-state index in [1.54, 1.807) is 11.1 Å². The Balaban J connectivity index is 1.84. The van der Waals surface area contributed by atoms with E-state index in [2.05, 4.69) is 15.6 Å². The van der Waals surface area contributed by atoms with E-state index in [0.717, 1.165) is 30.8 Å². The fourth-order valence-corrected chi connectivity index (χ4v) is 2.05. The van der Waals surface area contributed by atoms with Gasteiger partial charge in [-0.1, -0.05) is 6.07 Å². The summed E-state index contributed by atoms with van der Waals surface area (Å²) in [7, 11) is 0. The predicted molar refractivity (Wildman–Crippen MR) is 74.9 cm³/mol. The number of rotatable bonds is 2. The summed E-state index contributed by atoms with van der Waals surface area (Å²) < 4.78 is 0. The van der Waals surface area contributed by atoms with Crippen LogP contribution in [-0.4, -0.2) is 47.9 Å². The fourth-order valence-electron chi connectivity index (χ4n) is 2.05. The number of hydrogen-bond donors (Lipinski definition) is 2. The number of carbonyl (C=O) groups is 2. The van der Waals surface area contributed by atoms with Crippen molar-refractivity contribution in [1.29, 1.82) is 0 Å². The molecule has 1 fully saturated rings. The molecule has 0 radical (unpaired) electrons. The van der Waals surface area contributed by atoms with Gasteiger partial charge in [0.1, 0.15) is 0 Å². The smallest absolute Gasteiger partial charge is 0.311 e. The van der Waals surface area contributed by atoms with Crippen LogP contribution in [0.4, 0.5) is 0 Å². The van der Waals surface area contributed by atoms with Crippen LogP contribution >= 0.6 is 0 Å². The number of pyridine rings is 1. The number of aryl methyl sites for hydroxylation is 1. The third-order valence-corrected chi connectivity index (χ3v) is 3.25. The molecule has 0 aromatic carbocycles. The summed E-state index contributed by atoms with van der Waals surface area (Å²) in [6.07, 6.45) is 2.58. The van der Waals surface area contributed by atoms with Gasteiger partial charge in [0.15, 0.2) is 0 Å². The number of aromatic nitrogens is 1. The molecule has 2 heterocycles. The second-order valence-corrected chi connectivity index (χ2v) is 4.89. The summed E-state index contributed by atoms with van der Waals surface area (Å²) >= 11 is 0. The van der Waals surface area contributed by atoms with Gasteiger partial charge in [0, 0.05) is 38.1 Å². The molecule has 0 saturated carbocycles. The molecule has 0 atom stereocenters.